The van der Waals surface area contributed by atoms with E-state index in [9.17, 15) is 4.79 Å². The lowest BCUT2D eigenvalue weighted by atomic mass is 10.3. The quantitative estimate of drug-likeness (QED) is 0.784. The zero-order valence-electron chi connectivity index (χ0n) is 11.3. The minimum absolute atomic E-state index is 0.0417. The van der Waals surface area contributed by atoms with Crippen LogP contribution in [0.15, 0.2) is 54.6 Å². The number of para-hydroxylation sites is 2. The van der Waals surface area contributed by atoms with E-state index in [1.54, 1.807) is 11.3 Å². The molecule has 1 heterocycles. The summed E-state index contributed by atoms with van der Waals surface area (Å²) in [6.45, 7) is 0.454. The van der Waals surface area contributed by atoms with Gasteiger partial charge in [-0.1, -0.05) is 30.3 Å². The van der Waals surface area contributed by atoms with Gasteiger partial charge in [-0.25, -0.2) is 4.98 Å². The Morgan fingerprint density at radius 3 is 2.52 bits per heavy atom. The Bertz CT molecular complexity index is 722. The summed E-state index contributed by atoms with van der Waals surface area (Å²) in [6.07, 6.45) is 0. The number of hydrogen-bond acceptors (Lipinski definition) is 4. The Hall–Kier alpha value is -2.40. The van der Waals surface area contributed by atoms with Crippen LogP contribution in [0.5, 0.6) is 0 Å². The van der Waals surface area contributed by atoms with Gasteiger partial charge in [-0.3, -0.25) is 4.79 Å². The number of nitrogens with zero attached hydrogens (tertiary/aromatic N) is 2. The fourth-order valence-corrected chi connectivity index (χ4v) is 3.17. The Morgan fingerprint density at radius 2 is 1.81 bits per heavy atom. The van der Waals surface area contributed by atoms with Crippen molar-refractivity contribution in [2.24, 2.45) is 0 Å². The van der Waals surface area contributed by atoms with Crippen LogP contribution in [0.4, 0.5) is 5.69 Å². The van der Waals surface area contributed by atoms with E-state index in [1.807, 2.05) is 59.5 Å². The average molecular weight is 298 g/mol. The molecule has 5 heteroatoms. The molecule has 0 spiro atoms. The van der Waals surface area contributed by atoms with Crippen LogP contribution in [0.25, 0.3) is 10.2 Å². The summed E-state index contributed by atoms with van der Waals surface area (Å²) in [4.78, 5) is 17.5. The molecule has 2 aromatic carbocycles. The minimum Gasteiger partial charge on any atom is -0.480 e. The molecule has 0 saturated heterocycles. The molecule has 0 radical (unpaired) electrons. The SMILES string of the molecule is O=C(O)CN(Cc1nc2ccccc2s1)c1ccccc1. The number of rotatable bonds is 5. The van der Waals surface area contributed by atoms with Crippen LogP contribution in [0, 0.1) is 0 Å². The number of carboxylic acids is 1. The highest BCUT2D eigenvalue weighted by Crippen LogP contribution is 2.24. The van der Waals surface area contributed by atoms with Crippen molar-refractivity contribution in [3.05, 3.63) is 59.6 Å². The number of anilines is 1. The molecule has 1 N–H and O–H groups in total. The number of benzene rings is 2. The molecule has 0 aliphatic carbocycles. The van der Waals surface area contributed by atoms with Crippen LogP contribution >= 0.6 is 11.3 Å². The zero-order valence-corrected chi connectivity index (χ0v) is 12.1. The lowest BCUT2D eigenvalue weighted by Gasteiger charge is -2.21. The van der Waals surface area contributed by atoms with Gasteiger partial charge < -0.3 is 10.0 Å². The Morgan fingerprint density at radius 1 is 1.10 bits per heavy atom. The Kier molecular flexibility index (Phi) is 3.83. The van der Waals surface area contributed by atoms with Crippen molar-refractivity contribution in [3.8, 4) is 0 Å². The van der Waals surface area contributed by atoms with Crippen LogP contribution in [0.2, 0.25) is 0 Å². The van der Waals surface area contributed by atoms with Gasteiger partial charge in [0.1, 0.15) is 11.6 Å². The maximum atomic E-state index is 11.1. The number of aromatic nitrogens is 1. The van der Waals surface area contributed by atoms with Crippen molar-refractivity contribution in [1.82, 2.24) is 4.98 Å². The van der Waals surface area contributed by atoms with Gasteiger partial charge in [-0.2, -0.15) is 0 Å². The van der Waals surface area contributed by atoms with Crippen LogP contribution in [0.1, 0.15) is 5.01 Å². The number of thiazole rings is 1. The molecule has 4 nitrogen and oxygen atoms in total. The van der Waals surface area contributed by atoms with Crippen molar-refractivity contribution in [2.75, 3.05) is 11.4 Å². The fourth-order valence-electron chi connectivity index (χ4n) is 2.19. The molecule has 21 heavy (non-hydrogen) atoms. The third kappa shape index (κ3) is 3.20. The first-order chi connectivity index (χ1) is 10.2. The second-order valence-corrected chi connectivity index (χ2v) is 5.78. The van der Waals surface area contributed by atoms with Crippen LogP contribution in [-0.4, -0.2) is 22.6 Å². The molecule has 0 bridgehead atoms. The number of carbonyl (C=O) groups is 1. The highest BCUT2D eigenvalue weighted by molar-refractivity contribution is 7.18. The number of aliphatic carboxylic acids is 1. The van der Waals surface area contributed by atoms with Gasteiger partial charge in [0.25, 0.3) is 0 Å². The van der Waals surface area contributed by atoms with E-state index in [1.165, 1.54) is 0 Å². The van der Waals surface area contributed by atoms with E-state index in [2.05, 4.69) is 4.98 Å². The third-order valence-corrected chi connectivity index (χ3v) is 4.13. The highest BCUT2D eigenvalue weighted by Gasteiger charge is 2.13. The molecule has 0 amide bonds. The molecule has 0 saturated carbocycles. The predicted octanol–water partition coefficient (Wildman–Crippen LogP) is 3.39. The molecule has 0 atom stereocenters. The van der Waals surface area contributed by atoms with Crippen LogP contribution in [-0.2, 0) is 11.3 Å². The molecule has 3 aromatic rings. The van der Waals surface area contributed by atoms with Crippen molar-refractivity contribution >= 4 is 33.2 Å². The van der Waals surface area contributed by atoms with E-state index in [4.69, 9.17) is 5.11 Å². The van der Waals surface area contributed by atoms with Crippen molar-refractivity contribution in [3.63, 3.8) is 0 Å². The van der Waals surface area contributed by atoms with E-state index in [-0.39, 0.29) is 6.54 Å². The molecule has 0 aliphatic heterocycles. The van der Waals surface area contributed by atoms with Crippen LogP contribution < -0.4 is 4.90 Å². The number of carboxylic acid groups (broad SMARTS) is 1. The first-order valence-corrected chi connectivity index (χ1v) is 7.40. The van der Waals surface area contributed by atoms with E-state index in [0.29, 0.717) is 6.54 Å². The average Bonchev–Trinajstić information content (AvgIpc) is 2.89. The first-order valence-electron chi connectivity index (χ1n) is 6.58. The lowest BCUT2D eigenvalue weighted by molar-refractivity contribution is -0.135. The molecule has 0 unspecified atom stereocenters. The fraction of sp³-hybridized carbons (Fsp3) is 0.125. The van der Waals surface area contributed by atoms with Crippen LogP contribution in [0.3, 0.4) is 0 Å². The molecule has 106 valence electrons. The van der Waals surface area contributed by atoms with Gasteiger partial charge in [0.05, 0.1) is 16.8 Å². The monoisotopic (exact) mass is 298 g/mol. The molecule has 0 aliphatic rings. The molecule has 3 rings (SSSR count). The topological polar surface area (TPSA) is 53.4 Å². The largest absolute Gasteiger partial charge is 0.480 e. The van der Waals surface area contributed by atoms with E-state index < -0.39 is 5.97 Å². The molecular weight excluding hydrogens is 284 g/mol. The maximum absolute atomic E-state index is 11.1. The van der Waals surface area contributed by atoms with Gasteiger partial charge >= 0.3 is 5.97 Å². The molecule has 0 fully saturated rings. The van der Waals surface area contributed by atoms with Gasteiger partial charge in [-0.15, -0.1) is 11.3 Å². The normalized spacial score (nSPS) is 10.7. The summed E-state index contributed by atoms with van der Waals surface area (Å²) in [5.41, 5.74) is 1.85. The Balaban J connectivity index is 1.88. The summed E-state index contributed by atoms with van der Waals surface area (Å²) >= 11 is 1.60. The molecular formula is C16H14N2O2S. The summed E-state index contributed by atoms with van der Waals surface area (Å²) in [5.74, 6) is -0.847. The smallest absolute Gasteiger partial charge is 0.323 e. The van der Waals surface area contributed by atoms with Gasteiger partial charge in [0, 0.05) is 5.69 Å². The summed E-state index contributed by atoms with van der Waals surface area (Å²) in [6, 6.07) is 17.5. The van der Waals surface area contributed by atoms with Gasteiger partial charge in [-0.05, 0) is 24.3 Å². The van der Waals surface area contributed by atoms with Crippen molar-refractivity contribution < 1.29 is 9.90 Å². The predicted molar refractivity (Wildman–Crippen MR) is 84.7 cm³/mol. The first kappa shape index (κ1) is 13.6. The maximum Gasteiger partial charge on any atom is 0.323 e. The van der Waals surface area contributed by atoms with Gasteiger partial charge in [0.2, 0.25) is 0 Å². The minimum atomic E-state index is -0.847. The number of fused-ring (bicyclic) bond motifs is 1. The zero-order chi connectivity index (χ0) is 14.7. The summed E-state index contributed by atoms with van der Waals surface area (Å²) < 4.78 is 1.12. The second-order valence-electron chi connectivity index (χ2n) is 4.66. The van der Waals surface area contributed by atoms with Gasteiger partial charge in [0.15, 0.2) is 0 Å². The molecule has 1 aromatic heterocycles. The lowest BCUT2D eigenvalue weighted by Crippen LogP contribution is -2.29. The van der Waals surface area contributed by atoms with Crippen molar-refractivity contribution in [2.45, 2.75) is 6.54 Å². The van der Waals surface area contributed by atoms with Crippen molar-refractivity contribution in [1.29, 1.82) is 0 Å². The summed E-state index contributed by atoms with van der Waals surface area (Å²) in [7, 11) is 0. The summed E-state index contributed by atoms with van der Waals surface area (Å²) in [5, 5.41) is 10.0. The highest BCUT2D eigenvalue weighted by atomic mass is 32.1. The third-order valence-electron chi connectivity index (χ3n) is 3.11. The number of hydrogen-bond donors (Lipinski definition) is 1. The standard InChI is InChI=1S/C16H14N2O2S/c19-16(20)11-18(12-6-2-1-3-7-12)10-15-17-13-8-4-5-9-14(13)21-15/h1-9H,10-11H2,(H,19,20). The Labute approximate surface area is 126 Å². The van der Waals surface area contributed by atoms with E-state index in [0.717, 1.165) is 20.9 Å². The van der Waals surface area contributed by atoms with E-state index >= 15 is 0 Å². The second kappa shape index (κ2) is 5.93.